The SMILES string of the molecule is Cc1noc(C)c1CCC(=O)N1CCC2(CC1)CC(C(=O)NCc1ccccn1)N(C)C2. The van der Waals surface area contributed by atoms with Crippen LogP contribution >= 0.6 is 0 Å². The van der Waals surface area contributed by atoms with Gasteiger partial charge < -0.3 is 14.7 Å². The number of carbonyl (C=O) groups is 2. The summed E-state index contributed by atoms with van der Waals surface area (Å²) < 4.78 is 5.20. The number of aryl methyl sites for hydroxylation is 2. The van der Waals surface area contributed by atoms with E-state index in [0.717, 1.165) is 61.6 Å². The lowest BCUT2D eigenvalue weighted by molar-refractivity contribution is -0.133. The van der Waals surface area contributed by atoms with Crippen LogP contribution in [0.1, 0.15) is 48.4 Å². The Bertz CT molecular complexity index is 930. The number of rotatable bonds is 6. The zero-order valence-corrected chi connectivity index (χ0v) is 19.3. The lowest BCUT2D eigenvalue weighted by Gasteiger charge is -2.39. The first-order valence-corrected chi connectivity index (χ1v) is 11.4. The van der Waals surface area contributed by atoms with Gasteiger partial charge in [-0.3, -0.25) is 19.5 Å². The zero-order chi connectivity index (χ0) is 22.7. The minimum Gasteiger partial charge on any atom is -0.361 e. The van der Waals surface area contributed by atoms with Gasteiger partial charge in [0.1, 0.15) is 5.76 Å². The van der Waals surface area contributed by atoms with E-state index in [-0.39, 0.29) is 23.3 Å². The van der Waals surface area contributed by atoms with Crippen LogP contribution in [-0.2, 0) is 22.6 Å². The Hall–Kier alpha value is -2.74. The van der Waals surface area contributed by atoms with Crippen LogP contribution in [0.15, 0.2) is 28.9 Å². The van der Waals surface area contributed by atoms with E-state index in [2.05, 4.69) is 20.4 Å². The Balaban J connectivity index is 1.26. The van der Waals surface area contributed by atoms with E-state index in [1.807, 2.05) is 44.0 Å². The minimum atomic E-state index is -0.125. The molecule has 2 saturated heterocycles. The van der Waals surface area contributed by atoms with E-state index in [4.69, 9.17) is 4.52 Å². The number of pyridine rings is 1. The third kappa shape index (κ3) is 4.85. The predicted molar refractivity (Wildman–Crippen MR) is 120 cm³/mol. The monoisotopic (exact) mass is 439 g/mol. The lowest BCUT2D eigenvalue weighted by Crippen LogP contribution is -2.44. The molecule has 8 nitrogen and oxygen atoms in total. The first-order valence-electron chi connectivity index (χ1n) is 11.4. The topological polar surface area (TPSA) is 91.6 Å². The molecule has 4 rings (SSSR count). The number of piperidine rings is 1. The van der Waals surface area contributed by atoms with E-state index < -0.39 is 0 Å². The Morgan fingerprint density at radius 2 is 2.03 bits per heavy atom. The van der Waals surface area contributed by atoms with Gasteiger partial charge in [-0.2, -0.15) is 0 Å². The molecular weight excluding hydrogens is 406 g/mol. The molecule has 2 aromatic rings. The van der Waals surface area contributed by atoms with E-state index >= 15 is 0 Å². The number of hydrogen-bond donors (Lipinski definition) is 1. The summed E-state index contributed by atoms with van der Waals surface area (Å²) in [5.41, 5.74) is 2.89. The largest absolute Gasteiger partial charge is 0.361 e. The second-order valence-corrected chi connectivity index (χ2v) is 9.36. The summed E-state index contributed by atoms with van der Waals surface area (Å²) in [4.78, 5) is 34.0. The number of likely N-dealkylation sites (tertiary alicyclic amines) is 2. The highest BCUT2D eigenvalue weighted by molar-refractivity contribution is 5.82. The van der Waals surface area contributed by atoms with Crippen molar-refractivity contribution in [3.63, 3.8) is 0 Å². The van der Waals surface area contributed by atoms with E-state index in [1.165, 1.54) is 0 Å². The van der Waals surface area contributed by atoms with Gasteiger partial charge in [-0.25, -0.2) is 0 Å². The first-order chi connectivity index (χ1) is 15.4. The summed E-state index contributed by atoms with van der Waals surface area (Å²) in [6.07, 6.45) is 5.62. The van der Waals surface area contributed by atoms with Crippen molar-refractivity contribution in [3.05, 3.63) is 47.1 Å². The summed E-state index contributed by atoms with van der Waals surface area (Å²) in [7, 11) is 2.03. The number of nitrogens with one attached hydrogen (secondary N) is 1. The number of nitrogens with zero attached hydrogens (tertiary/aromatic N) is 4. The van der Waals surface area contributed by atoms with Gasteiger partial charge in [0.15, 0.2) is 0 Å². The van der Waals surface area contributed by atoms with Gasteiger partial charge in [-0.15, -0.1) is 0 Å². The van der Waals surface area contributed by atoms with Gasteiger partial charge in [-0.1, -0.05) is 11.2 Å². The number of hydrogen-bond acceptors (Lipinski definition) is 6. The van der Waals surface area contributed by atoms with E-state index in [9.17, 15) is 9.59 Å². The van der Waals surface area contributed by atoms with Crippen LogP contribution < -0.4 is 5.32 Å². The van der Waals surface area contributed by atoms with Crippen molar-refractivity contribution < 1.29 is 14.1 Å². The van der Waals surface area contributed by atoms with E-state index in [0.29, 0.717) is 19.4 Å². The molecule has 4 heterocycles. The molecule has 1 N–H and O–H groups in total. The molecule has 0 bridgehead atoms. The molecule has 1 unspecified atom stereocenters. The van der Waals surface area contributed by atoms with Crippen molar-refractivity contribution in [1.82, 2.24) is 25.3 Å². The molecule has 8 heteroatoms. The lowest BCUT2D eigenvalue weighted by atomic mass is 9.76. The fourth-order valence-corrected chi connectivity index (χ4v) is 5.20. The van der Waals surface area contributed by atoms with Crippen molar-refractivity contribution in [2.24, 2.45) is 5.41 Å². The molecule has 1 spiro atoms. The Morgan fingerprint density at radius 3 is 2.69 bits per heavy atom. The molecule has 2 aromatic heterocycles. The highest BCUT2D eigenvalue weighted by Gasteiger charge is 2.46. The number of aromatic nitrogens is 2. The number of carbonyl (C=O) groups excluding carboxylic acids is 2. The highest BCUT2D eigenvalue weighted by Crippen LogP contribution is 2.43. The average Bonchev–Trinajstić information content (AvgIpc) is 3.29. The second-order valence-electron chi connectivity index (χ2n) is 9.36. The Kier molecular flexibility index (Phi) is 6.60. The van der Waals surface area contributed by atoms with Crippen LogP contribution in [0.5, 0.6) is 0 Å². The molecule has 2 aliphatic rings. The van der Waals surface area contributed by atoms with Gasteiger partial charge in [0.05, 0.1) is 24.0 Å². The van der Waals surface area contributed by atoms with Crippen molar-refractivity contribution in [1.29, 1.82) is 0 Å². The summed E-state index contributed by atoms with van der Waals surface area (Å²) in [5.74, 6) is 1.05. The fourth-order valence-electron chi connectivity index (χ4n) is 5.20. The summed E-state index contributed by atoms with van der Waals surface area (Å²) in [6.45, 7) is 6.68. The van der Waals surface area contributed by atoms with Crippen molar-refractivity contribution >= 4 is 11.8 Å². The standard InChI is InChI=1S/C24H33N5O3/c1-17-20(18(2)32-27-17)7-8-22(30)29-12-9-24(10-13-29)14-21(28(3)16-24)23(31)26-15-19-6-4-5-11-25-19/h4-6,11,21H,7-10,12-16H2,1-3H3,(H,26,31). The van der Waals surface area contributed by atoms with Gasteiger partial charge in [-0.05, 0) is 64.1 Å². The molecule has 172 valence electrons. The van der Waals surface area contributed by atoms with Gasteiger partial charge in [0, 0.05) is 37.8 Å². The summed E-state index contributed by atoms with van der Waals surface area (Å²) in [6, 6.07) is 5.58. The molecule has 2 aliphatic heterocycles. The molecule has 32 heavy (non-hydrogen) atoms. The van der Waals surface area contributed by atoms with Gasteiger partial charge in [0.2, 0.25) is 11.8 Å². The summed E-state index contributed by atoms with van der Waals surface area (Å²) >= 11 is 0. The third-order valence-electron chi connectivity index (χ3n) is 7.16. The predicted octanol–water partition coefficient (Wildman–Crippen LogP) is 2.25. The van der Waals surface area contributed by atoms with E-state index in [1.54, 1.807) is 6.20 Å². The van der Waals surface area contributed by atoms with Crippen LogP contribution in [0.25, 0.3) is 0 Å². The van der Waals surface area contributed by atoms with Crippen LogP contribution in [0.4, 0.5) is 0 Å². The Labute approximate surface area is 189 Å². The first kappa shape index (κ1) is 22.5. The molecule has 2 fully saturated rings. The minimum absolute atomic E-state index is 0.0630. The number of likely N-dealkylation sites (N-methyl/N-ethyl adjacent to an activating group) is 1. The highest BCUT2D eigenvalue weighted by atomic mass is 16.5. The molecule has 0 aliphatic carbocycles. The normalized spacial score (nSPS) is 20.6. The van der Waals surface area contributed by atoms with Crippen LogP contribution in [-0.4, -0.2) is 64.5 Å². The number of amides is 2. The summed E-state index contributed by atoms with van der Waals surface area (Å²) in [5, 5.41) is 7.01. The molecule has 2 amide bonds. The maximum Gasteiger partial charge on any atom is 0.237 e. The fraction of sp³-hybridized carbons (Fsp3) is 0.583. The van der Waals surface area contributed by atoms with Crippen molar-refractivity contribution in [3.8, 4) is 0 Å². The van der Waals surface area contributed by atoms with Crippen LogP contribution in [0.2, 0.25) is 0 Å². The maximum absolute atomic E-state index is 12.8. The quantitative estimate of drug-likeness (QED) is 0.742. The zero-order valence-electron chi connectivity index (χ0n) is 19.3. The maximum atomic E-state index is 12.8. The van der Waals surface area contributed by atoms with Crippen LogP contribution in [0.3, 0.4) is 0 Å². The molecule has 0 aromatic carbocycles. The molecule has 1 atom stereocenters. The van der Waals surface area contributed by atoms with Crippen molar-refractivity contribution in [2.75, 3.05) is 26.7 Å². The second kappa shape index (κ2) is 9.40. The van der Waals surface area contributed by atoms with Crippen LogP contribution in [0, 0.1) is 19.3 Å². The van der Waals surface area contributed by atoms with Crippen molar-refractivity contribution in [2.45, 2.75) is 58.5 Å². The van der Waals surface area contributed by atoms with Gasteiger partial charge in [0.25, 0.3) is 0 Å². The smallest absolute Gasteiger partial charge is 0.237 e. The molecule has 0 saturated carbocycles. The molecular formula is C24H33N5O3. The molecule has 0 radical (unpaired) electrons. The third-order valence-corrected chi connectivity index (χ3v) is 7.16. The van der Waals surface area contributed by atoms with Gasteiger partial charge >= 0.3 is 0 Å². The average molecular weight is 440 g/mol. The Morgan fingerprint density at radius 1 is 1.25 bits per heavy atom.